The summed E-state index contributed by atoms with van der Waals surface area (Å²) >= 11 is 0. The Balaban J connectivity index is 2.13. The zero-order valence-electron chi connectivity index (χ0n) is 13.4. The van der Waals surface area contributed by atoms with Crippen molar-refractivity contribution in [3.63, 3.8) is 0 Å². The summed E-state index contributed by atoms with van der Waals surface area (Å²) < 4.78 is 0. The number of benzene rings is 3. The van der Waals surface area contributed by atoms with E-state index in [9.17, 15) is 15.0 Å². The van der Waals surface area contributed by atoms with Crippen molar-refractivity contribution in [2.75, 3.05) is 0 Å². The van der Waals surface area contributed by atoms with Gasteiger partial charge in [-0.15, -0.1) is 0 Å². The molecule has 24 heavy (non-hydrogen) atoms. The lowest BCUT2D eigenvalue weighted by Gasteiger charge is -2.13. The van der Waals surface area contributed by atoms with E-state index in [1.54, 1.807) is 0 Å². The average molecular weight is 318 g/mol. The highest BCUT2D eigenvalue weighted by Crippen LogP contribution is 2.32. The van der Waals surface area contributed by atoms with E-state index in [0.717, 1.165) is 22.3 Å². The maximum atomic E-state index is 11.5. The van der Waals surface area contributed by atoms with Crippen molar-refractivity contribution >= 4 is 5.97 Å². The van der Waals surface area contributed by atoms with E-state index in [2.05, 4.69) is 0 Å². The van der Waals surface area contributed by atoms with Gasteiger partial charge in [0.15, 0.2) is 0 Å². The fourth-order valence-electron chi connectivity index (χ4n) is 2.80. The molecule has 0 atom stereocenters. The second-order valence-corrected chi connectivity index (χ2v) is 5.81. The molecule has 2 N–H and O–H groups in total. The molecule has 0 saturated heterocycles. The van der Waals surface area contributed by atoms with Gasteiger partial charge in [0, 0.05) is 6.42 Å². The predicted molar refractivity (Wildman–Crippen MR) is 94.5 cm³/mol. The molecule has 0 aliphatic rings. The second kappa shape index (κ2) is 6.59. The molecule has 0 heterocycles. The van der Waals surface area contributed by atoms with Crippen molar-refractivity contribution in [2.24, 2.45) is 0 Å². The summed E-state index contributed by atoms with van der Waals surface area (Å²) in [6, 6.07) is 20.9. The Labute approximate surface area is 140 Å². The quantitative estimate of drug-likeness (QED) is 0.736. The van der Waals surface area contributed by atoms with Crippen LogP contribution in [0.3, 0.4) is 0 Å². The van der Waals surface area contributed by atoms with Gasteiger partial charge in [-0.1, -0.05) is 54.6 Å². The molecule has 3 rings (SSSR count). The van der Waals surface area contributed by atoms with E-state index in [0.29, 0.717) is 12.0 Å². The van der Waals surface area contributed by atoms with Crippen molar-refractivity contribution in [2.45, 2.75) is 13.3 Å². The van der Waals surface area contributed by atoms with Gasteiger partial charge < -0.3 is 10.2 Å². The molecular weight excluding hydrogens is 300 g/mol. The minimum absolute atomic E-state index is 0.0695. The number of aromatic carboxylic acids is 1. The lowest BCUT2D eigenvalue weighted by Crippen LogP contribution is -2.01. The molecule has 0 radical (unpaired) electrons. The second-order valence-electron chi connectivity index (χ2n) is 5.81. The number of aromatic hydroxyl groups is 1. The van der Waals surface area contributed by atoms with Crippen LogP contribution in [0.4, 0.5) is 0 Å². The van der Waals surface area contributed by atoms with E-state index in [-0.39, 0.29) is 11.3 Å². The van der Waals surface area contributed by atoms with Gasteiger partial charge in [-0.2, -0.15) is 0 Å². The van der Waals surface area contributed by atoms with Crippen LogP contribution in [0.5, 0.6) is 5.75 Å². The van der Waals surface area contributed by atoms with Gasteiger partial charge in [0.25, 0.3) is 0 Å². The molecule has 3 aromatic carbocycles. The molecule has 0 bridgehead atoms. The predicted octanol–water partition coefficient (Wildman–Crippen LogP) is 4.66. The third-order valence-electron chi connectivity index (χ3n) is 4.17. The first-order chi connectivity index (χ1) is 11.6. The van der Waals surface area contributed by atoms with Gasteiger partial charge in [-0.25, -0.2) is 4.79 Å². The van der Waals surface area contributed by atoms with Crippen LogP contribution in [0, 0.1) is 6.92 Å². The van der Waals surface area contributed by atoms with Crippen LogP contribution in [-0.2, 0) is 6.42 Å². The molecule has 3 nitrogen and oxygen atoms in total. The van der Waals surface area contributed by atoms with Crippen LogP contribution < -0.4 is 0 Å². The van der Waals surface area contributed by atoms with E-state index in [4.69, 9.17) is 0 Å². The van der Waals surface area contributed by atoms with Crippen molar-refractivity contribution in [3.8, 4) is 16.9 Å². The van der Waals surface area contributed by atoms with Crippen LogP contribution in [-0.4, -0.2) is 16.2 Å². The number of aryl methyl sites for hydroxylation is 1. The summed E-state index contributed by atoms with van der Waals surface area (Å²) in [4.78, 5) is 11.5. The first-order valence-electron chi connectivity index (χ1n) is 7.75. The molecule has 0 aromatic heterocycles. The zero-order chi connectivity index (χ0) is 17.1. The number of carboxylic acids is 1. The summed E-state index contributed by atoms with van der Waals surface area (Å²) in [6.07, 6.45) is 0.486. The largest absolute Gasteiger partial charge is 0.507 e. The Morgan fingerprint density at radius 3 is 2.21 bits per heavy atom. The average Bonchev–Trinajstić information content (AvgIpc) is 2.59. The van der Waals surface area contributed by atoms with Crippen LogP contribution in [0.15, 0.2) is 66.7 Å². The third-order valence-corrected chi connectivity index (χ3v) is 4.17. The summed E-state index contributed by atoms with van der Waals surface area (Å²) in [6.45, 7) is 2.01. The number of carbonyl (C=O) groups is 1. The Morgan fingerprint density at radius 1 is 0.875 bits per heavy atom. The third kappa shape index (κ3) is 3.15. The van der Waals surface area contributed by atoms with Crippen molar-refractivity contribution in [3.05, 3.63) is 89.0 Å². The summed E-state index contributed by atoms with van der Waals surface area (Å²) in [5.74, 6) is -1.29. The molecule has 3 aromatic rings. The van der Waals surface area contributed by atoms with Gasteiger partial charge >= 0.3 is 5.97 Å². The first-order valence-corrected chi connectivity index (χ1v) is 7.75. The normalized spacial score (nSPS) is 10.5. The van der Waals surface area contributed by atoms with Crippen molar-refractivity contribution in [1.82, 2.24) is 0 Å². The van der Waals surface area contributed by atoms with Gasteiger partial charge in [-0.05, 0) is 46.9 Å². The van der Waals surface area contributed by atoms with Crippen molar-refractivity contribution in [1.29, 1.82) is 0 Å². The van der Waals surface area contributed by atoms with Crippen LogP contribution in [0.25, 0.3) is 11.1 Å². The number of carboxylic acid groups (broad SMARTS) is 1. The summed E-state index contributed by atoms with van der Waals surface area (Å²) in [5, 5.41) is 19.8. The number of phenols is 1. The highest BCUT2D eigenvalue weighted by molar-refractivity contribution is 5.93. The Morgan fingerprint density at radius 2 is 1.54 bits per heavy atom. The molecule has 0 aliphatic carbocycles. The Hall–Kier alpha value is -3.07. The lowest BCUT2D eigenvalue weighted by atomic mass is 9.94. The topological polar surface area (TPSA) is 57.5 Å². The van der Waals surface area contributed by atoms with Gasteiger partial charge in [-0.3, -0.25) is 0 Å². The number of hydrogen-bond donors (Lipinski definition) is 2. The standard InChI is InChI=1S/C21H18O3/c1-14-7-5-6-10-16(14)11-18-12-17(15-8-3-2-4-9-15)13-19(20(18)22)21(23)24/h2-10,12-13,22H,11H2,1H3,(H,23,24). The highest BCUT2D eigenvalue weighted by Gasteiger charge is 2.17. The maximum absolute atomic E-state index is 11.5. The fourth-order valence-corrected chi connectivity index (χ4v) is 2.80. The van der Waals surface area contributed by atoms with Crippen molar-refractivity contribution < 1.29 is 15.0 Å². The number of hydrogen-bond acceptors (Lipinski definition) is 2. The fraction of sp³-hybridized carbons (Fsp3) is 0.0952. The smallest absolute Gasteiger partial charge is 0.339 e. The van der Waals surface area contributed by atoms with Crippen LogP contribution in [0.1, 0.15) is 27.0 Å². The first kappa shape index (κ1) is 15.8. The van der Waals surface area contributed by atoms with Gasteiger partial charge in [0.05, 0.1) is 0 Å². The van der Waals surface area contributed by atoms with E-state index in [1.807, 2.05) is 67.6 Å². The molecule has 0 aliphatic heterocycles. The molecule has 0 fully saturated rings. The molecule has 0 amide bonds. The minimum atomic E-state index is -1.13. The van der Waals surface area contributed by atoms with Gasteiger partial charge in [0.1, 0.15) is 11.3 Å². The van der Waals surface area contributed by atoms with Gasteiger partial charge in [0.2, 0.25) is 0 Å². The molecule has 3 heteroatoms. The highest BCUT2D eigenvalue weighted by atomic mass is 16.4. The molecule has 0 unspecified atom stereocenters. The zero-order valence-corrected chi connectivity index (χ0v) is 13.4. The van der Waals surface area contributed by atoms with E-state index in [1.165, 1.54) is 6.07 Å². The maximum Gasteiger partial charge on any atom is 0.339 e. The van der Waals surface area contributed by atoms with Crippen LogP contribution in [0.2, 0.25) is 0 Å². The van der Waals surface area contributed by atoms with Crippen LogP contribution >= 0.6 is 0 Å². The summed E-state index contributed by atoms with van der Waals surface area (Å²) in [7, 11) is 0. The molecule has 120 valence electrons. The lowest BCUT2D eigenvalue weighted by molar-refractivity contribution is 0.0693. The Kier molecular flexibility index (Phi) is 4.34. The molecular formula is C21H18O3. The summed E-state index contributed by atoms with van der Waals surface area (Å²) in [5.41, 5.74) is 4.43. The Bertz CT molecular complexity index is 883. The molecule has 0 spiro atoms. The molecule has 0 saturated carbocycles. The minimum Gasteiger partial charge on any atom is -0.507 e. The van der Waals surface area contributed by atoms with E-state index < -0.39 is 5.97 Å². The number of rotatable bonds is 4. The SMILES string of the molecule is Cc1ccccc1Cc1cc(-c2ccccc2)cc(C(=O)O)c1O. The van der Waals surface area contributed by atoms with E-state index >= 15 is 0 Å². The monoisotopic (exact) mass is 318 g/mol.